The van der Waals surface area contributed by atoms with Crippen molar-refractivity contribution in [2.75, 3.05) is 27.2 Å². The van der Waals surface area contributed by atoms with Crippen LogP contribution < -0.4 is 10.6 Å². The molecule has 0 aromatic heterocycles. The number of allylic oxidation sites excluding steroid dienone is 3. The summed E-state index contributed by atoms with van der Waals surface area (Å²) in [5.41, 5.74) is 1.18. The van der Waals surface area contributed by atoms with Crippen LogP contribution in [0.5, 0.6) is 0 Å². The Morgan fingerprint density at radius 3 is 1.55 bits per heavy atom. The van der Waals surface area contributed by atoms with Crippen LogP contribution in [-0.4, -0.2) is 40.2 Å². The van der Waals surface area contributed by atoms with Gasteiger partial charge in [-0.25, -0.2) is 0 Å². The van der Waals surface area contributed by atoms with E-state index in [4.69, 9.17) is 4.55 Å². The van der Waals surface area contributed by atoms with Crippen molar-refractivity contribution in [1.29, 1.82) is 0 Å². The van der Waals surface area contributed by atoms with Crippen LogP contribution in [-0.2, 0) is 14.6 Å². The molecule has 0 saturated carbocycles. The van der Waals surface area contributed by atoms with Gasteiger partial charge in [0.25, 0.3) is 0 Å². The van der Waals surface area contributed by atoms with Gasteiger partial charge in [0.05, 0.1) is 7.11 Å². The van der Waals surface area contributed by atoms with Crippen molar-refractivity contribution in [2.24, 2.45) is 0 Å². The van der Waals surface area contributed by atoms with Gasteiger partial charge in [-0.1, -0.05) is 97.3 Å². The van der Waals surface area contributed by atoms with Crippen LogP contribution in [0.2, 0.25) is 0 Å². The van der Waals surface area contributed by atoms with Crippen LogP contribution in [0.1, 0.15) is 117 Å². The molecule has 200 valence electrons. The Balaban J connectivity index is -0.000000671. The minimum atomic E-state index is -4.16. The molecule has 0 unspecified atom stereocenters. The van der Waals surface area contributed by atoms with E-state index >= 15 is 0 Å². The van der Waals surface area contributed by atoms with Gasteiger partial charge in [0.15, 0.2) is 0 Å². The van der Waals surface area contributed by atoms with Crippen LogP contribution in [0.25, 0.3) is 0 Å². The first-order valence-electron chi connectivity index (χ1n) is 13.0. The summed E-state index contributed by atoms with van der Waals surface area (Å²) in [5.74, 6) is 0. The first-order valence-corrected chi connectivity index (χ1v) is 14.4. The lowest BCUT2D eigenvalue weighted by molar-refractivity contribution is 0.324. The Labute approximate surface area is 207 Å². The van der Waals surface area contributed by atoms with Crippen molar-refractivity contribution in [3.63, 3.8) is 0 Å². The Morgan fingerprint density at radius 1 is 0.818 bits per heavy atom. The first-order chi connectivity index (χ1) is 15.8. The molecule has 0 rings (SSSR count). The van der Waals surface area contributed by atoms with E-state index < -0.39 is 10.4 Å². The Hall–Kier alpha value is -0.890. The van der Waals surface area contributed by atoms with Crippen molar-refractivity contribution in [3.8, 4) is 0 Å². The molecule has 0 spiro atoms. The number of unbranched alkanes of at least 4 members (excludes halogenated alkanes) is 12. The maximum atomic E-state index is 9.33. The maximum absolute atomic E-state index is 9.33. The van der Waals surface area contributed by atoms with Crippen LogP contribution in [0.3, 0.4) is 0 Å². The lowest BCUT2D eigenvalue weighted by Crippen LogP contribution is -2.09. The summed E-state index contributed by atoms with van der Waals surface area (Å²) in [6, 6.07) is 0. The van der Waals surface area contributed by atoms with Gasteiger partial charge in [-0.15, -0.1) is 0 Å². The van der Waals surface area contributed by atoms with E-state index in [-0.39, 0.29) is 0 Å². The van der Waals surface area contributed by atoms with E-state index in [1.807, 2.05) is 7.05 Å². The van der Waals surface area contributed by atoms with Crippen LogP contribution in [0, 0.1) is 0 Å². The Kier molecular flexibility index (Phi) is 34.6. The van der Waals surface area contributed by atoms with Gasteiger partial charge in [0.1, 0.15) is 0 Å². The molecule has 0 atom stereocenters. The third-order valence-electron chi connectivity index (χ3n) is 5.05. The average molecular weight is 493 g/mol. The zero-order valence-corrected chi connectivity index (χ0v) is 23.3. The molecular formula is C26H56N2O4S. The minimum absolute atomic E-state index is 0.870. The predicted molar refractivity (Wildman–Crippen MR) is 145 cm³/mol. The fourth-order valence-electron chi connectivity index (χ4n) is 2.96. The molecule has 6 nitrogen and oxygen atoms in total. The predicted octanol–water partition coefficient (Wildman–Crippen LogP) is 7.20. The fraction of sp³-hybridized carbons (Fsp3) is 0.846. The number of rotatable bonds is 20. The molecule has 0 fully saturated rings. The number of hydrogen-bond acceptors (Lipinski definition) is 5. The summed E-state index contributed by atoms with van der Waals surface area (Å²) in [6.07, 6.45) is 25.2. The third kappa shape index (κ3) is 45.4. The Bertz CT molecular complexity index is 506. The van der Waals surface area contributed by atoms with E-state index in [0.717, 1.165) is 26.6 Å². The number of nitrogens with one attached hydrogen (secondary N) is 2. The van der Waals surface area contributed by atoms with Crippen molar-refractivity contribution in [2.45, 2.75) is 117 Å². The van der Waals surface area contributed by atoms with Crippen molar-refractivity contribution in [1.82, 2.24) is 10.6 Å². The second-order valence-electron chi connectivity index (χ2n) is 8.09. The van der Waals surface area contributed by atoms with Gasteiger partial charge < -0.3 is 10.6 Å². The summed E-state index contributed by atoms with van der Waals surface area (Å²) in [5, 5.41) is 6.23. The molecule has 0 bridgehead atoms. The van der Waals surface area contributed by atoms with E-state index in [0.29, 0.717) is 0 Å². The quantitative estimate of drug-likeness (QED) is 0.0946. The maximum Gasteiger partial charge on any atom is 0.397 e. The zero-order valence-electron chi connectivity index (χ0n) is 22.5. The average Bonchev–Trinajstić information content (AvgIpc) is 2.79. The molecule has 3 N–H and O–H groups in total. The zero-order chi connectivity index (χ0) is 25.6. The Morgan fingerprint density at radius 2 is 1.21 bits per heavy atom. The van der Waals surface area contributed by atoms with Gasteiger partial charge in [-0.05, 0) is 51.6 Å². The smallest absolute Gasteiger partial charge is 0.392 e. The minimum Gasteiger partial charge on any atom is -0.392 e. The highest BCUT2D eigenvalue weighted by Gasteiger charge is 1.94. The van der Waals surface area contributed by atoms with E-state index in [1.54, 1.807) is 0 Å². The summed E-state index contributed by atoms with van der Waals surface area (Å²) < 4.78 is 29.7. The van der Waals surface area contributed by atoms with E-state index in [9.17, 15) is 8.42 Å². The lowest BCUT2D eigenvalue weighted by atomic mass is 10.1. The summed E-state index contributed by atoms with van der Waals surface area (Å²) in [6.45, 7) is 12.6. The number of hydrogen-bond donors (Lipinski definition) is 3. The molecule has 0 aliphatic carbocycles. The van der Waals surface area contributed by atoms with Gasteiger partial charge in [0, 0.05) is 12.7 Å². The molecule has 7 heteroatoms. The van der Waals surface area contributed by atoms with Crippen molar-refractivity contribution in [3.05, 3.63) is 24.4 Å². The molecule has 0 heterocycles. The van der Waals surface area contributed by atoms with Crippen LogP contribution in [0.15, 0.2) is 24.4 Å². The van der Waals surface area contributed by atoms with E-state index in [2.05, 4.69) is 54.3 Å². The molecule has 0 aliphatic rings. The molecule has 0 radical (unpaired) electrons. The standard InChI is InChI=1S/C21H41N.C4H11N.CH4O4S/c1-4-5-6-7-8-9-10-11-12-13-14-15-16-17-18-19-20-21(2)22-3;1-3-5-4-2;1-5-6(2,3)4/h11-12,22H,2,4-10,13-20H2,1,3H3;5H,3-4H2,1-2H3;1H3,(H,2,3,4). The molecule has 0 aromatic carbocycles. The van der Waals surface area contributed by atoms with Crippen molar-refractivity contribution >= 4 is 10.4 Å². The SMILES string of the molecule is C=C(CCCCCCCCC=CCCCCCCCC)NC.CCNCC.COS(=O)(=O)O. The summed E-state index contributed by atoms with van der Waals surface area (Å²) in [7, 11) is -1.33. The highest BCUT2D eigenvalue weighted by Crippen LogP contribution is 2.11. The first kappa shape index (κ1) is 36.7. The normalized spacial score (nSPS) is 10.8. The molecule has 33 heavy (non-hydrogen) atoms. The third-order valence-corrected chi connectivity index (χ3v) is 5.48. The van der Waals surface area contributed by atoms with Crippen molar-refractivity contribution < 1.29 is 17.2 Å². The van der Waals surface area contributed by atoms with Gasteiger partial charge in [0.2, 0.25) is 0 Å². The van der Waals surface area contributed by atoms with Gasteiger partial charge in [-0.2, -0.15) is 8.42 Å². The topological polar surface area (TPSA) is 87.7 Å². The molecule has 0 aliphatic heterocycles. The van der Waals surface area contributed by atoms with Crippen LogP contribution in [0.4, 0.5) is 0 Å². The lowest BCUT2D eigenvalue weighted by Gasteiger charge is -2.04. The molecule has 0 amide bonds. The van der Waals surface area contributed by atoms with E-state index in [1.165, 1.54) is 95.6 Å². The summed E-state index contributed by atoms with van der Waals surface area (Å²) in [4.78, 5) is 0. The molecular weight excluding hydrogens is 436 g/mol. The summed E-state index contributed by atoms with van der Waals surface area (Å²) >= 11 is 0. The van der Waals surface area contributed by atoms with Gasteiger partial charge >= 0.3 is 10.4 Å². The van der Waals surface area contributed by atoms with Crippen LogP contribution >= 0.6 is 0 Å². The second-order valence-corrected chi connectivity index (χ2v) is 9.28. The highest BCUT2D eigenvalue weighted by atomic mass is 32.3. The molecule has 0 aromatic rings. The van der Waals surface area contributed by atoms with Gasteiger partial charge in [-0.3, -0.25) is 8.74 Å². The second kappa shape index (κ2) is 31.1. The monoisotopic (exact) mass is 492 g/mol. The molecule has 0 saturated heterocycles. The highest BCUT2D eigenvalue weighted by molar-refractivity contribution is 7.80. The largest absolute Gasteiger partial charge is 0.397 e. The fourth-order valence-corrected chi connectivity index (χ4v) is 2.96.